The summed E-state index contributed by atoms with van der Waals surface area (Å²) in [6.07, 6.45) is 1.51. The minimum absolute atomic E-state index is 0.0716. The Bertz CT molecular complexity index is 1390. The van der Waals surface area contributed by atoms with Gasteiger partial charge in [0.05, 0.1) is 16.8 Å². The van der Waals surface area contributed by atoms with Crippen LogP contribution in [0.4, 0.5) is 4.39 Å². The maximum atomic E-state index is 13.5. The van der Waals surface area contributed by atoms with Gasteiger partial charge in [0.15, 0.2) is 0 Å². The lowest BCUT2D eigenvalue weighted by molar-refractivity contribution is 0.392. The van der Waals surface area contributed by atoms with Gasteiger partial charge in [0.2, 0.25) is 10.0 Å². The predicted molar refractivity (Wildman–Crippen MR) is 126 cm³/mol. The molecule has 1 atom stereocenters. The Balaban J connectivity index is 1.57. The van der Waals surface area contributed by atoms with Gasteiger partial charge in [0, 0.05) is 28.7 Å². The van der Waals surface area contributed by atoms with Crippen molar-refractivity contribution < 1.29 is 12.8 Å². The van der Waals surface area contributed by atoms with E-state index >= 15 is 0 Å². The molecule has 0 aliphatic carbocycles. The fourth-order valence-electron chi connectivity index (χ4n) is 4.61. The van der Waals surface area contributed by atoms with E-state index in [1.807, 2.05) is 48.5 Å². The van der Waals surface area contributed by atoms with Crippen LogP contribution in [0.25, 0.3) is 22.0 Å². The van der Waals surface area contributed by atoms with E-state index in [-0.39, 0.29) is 16.8 Å². The van der Waals surface area contributed by atoms with E-state index in [1.54, 1.807) is 4.31 Å². The lowest BCUT2D eigenvalue weighted by Crippen LogP contribution is -2.32. The predicted octanol–water partition coefficient (Wildman–Crippen LogP) is 6.29. The van der Waals surface area contributed by atoms with Crippen LogP contribution in [-0.4, -0.2) is 24.3 Å². The number of H-pyrrole nitrogens is 1. The zero-order chi connectivity index (χ0) is 22.3. The van der Waals surface area contributed by atoms with Crippen molar-refractivity contribution in [2.24, 2.45) is 0 Å². The van der Waals surface area contributed by atoms with Crippen LogP contribution in [0.15, 0.2) is 72.8 Å². The summed E-state index contributed by atoms with van der Waals surface area (Å²) in [5.74, 6) is -0.776. The molecule has 7 heteroatoms. The van der Waals surface area contributed by atoms with E-state index in [1.165, 1.54) is 18.2 Å². The lowest BCUT2D eigenvalue weighted by atomic mass is 9.98. The van der Waals surface area contributed by atoms with Crippen molar-refractivity contribution in [3.05, 3.63) is 94.9 Å². The second kappa shape index (κ2) is 8.35. The van der Waals surface area contributed by atoms with E-state index in [4.69, 9.17) is 11.6 Å². The minimum atomic E-state index is -3.64. The second-order valence-corrected chi connectivity index (χ2v) is 10.4. The molecule has 0 saturated carbocycles. The number of aromatic nitrogens is 1. The molecule has 32 heavy (non-hydrogen) atoms. The Kier molecular flexibility index (Phi) is 5.53. The van der Waals surface area contributed by atoms with Crippen LogP contribution in [0.1, 0.15) is 30.1 Å². The average Bonchev–Trinajstić information content (AvgIpc) is 3.42. The lowest BCUT2D eigenvalue weighted by Gasteiger charge is -2.25. The molecule has 164 valence electrons. The van der Waals surface area contributed by atoms with Crippen LogP contribution in [-0.2, 0) is 15.8 Å². The number of halogens is 2. The largest absolute Gasteiger partial charge is 0.357 e. The third-order valence-electron chi connectivity index (χ3n) is 6.02. The monoisotopic (exact) mass is 468 g/mol. The Morgan fingerprint density at radius 3 is 2.56 bits per heavy atom. The Morgan fingerprint density at radius 1 is 1.03 bits per heavy atom. The highest BCUT2D eigenvalue weighted by molar-refractivity contribution is 7.88. The molecule has 0 bridgehead atoms. The fraction of sp³-hybridized carbons (Fsp3) is 0.200. The van der Waals surface area contributed by atoms with E-state index < -0.39 is 15.8 Å². The molecule has 1 aliphatic heterocycles. The zero-order valence-corrected chi connectivity index (χ0v) is 18.8. The van der Waals surface area contributed by atoms with Gasteiger partial charge in [0.25, 0.3) is 0 Å². The van der Waals surface area contributed by atoms with E-state index in [9.17, 15) is 12.8 Å². The molecule has 0 radical (unpaired) electrons. The first-order valence-electron chi connectivity index (χ1n) is 10.5. The van der Waals surface area contributed by atoms with Gasteiger partial charge in [0.1, 0.15) is 5.82 Å². The van der Waals surface area contributed by atoms with Crippen LogP contribution in [0.3, 0.4) is 0 Å². The number of aromatic amines is 1. The molecule has 1 saturated heterocycles. The Hall–Kier alpha value is -2.67. The summed E-state index contributed by atoms with van der Waals surface area (Å²) in [4.78, 5) is 3.51. The van der Waals surface area contributed by atoms with Gasteiger partial charge in [-0.2, -0.15) is 4.31 Å². The Labute approximate surface area is 191 Å². The fourth-order valence-corrected chi connectivity index (χ4v) is 6.59. The minimum Gasteiger partial charge on any atom is -0.357 e. The molecule has 1 N–H and O–H groups in total. The first-order valence-corrected chi connectivity index (χ1v) is 12.5. The van der Waals surface area contributed by atoms with E-state index in [0.29, 0.717) is 12.1 Å². The maximum Gasteiger partial charge on any atom is 0.218 e. The van der Waals surface area contributed by atoms with Gasteiger partial charge in [-0.05, 0) is 42.2 Å². The third-order valence-corrected chi connectivity index (χ3v) is 8.16. The third kappa shape index (κ3) is 3.83. The highest BCUT2D eigenvalue weighted by Crippen LogP contribution is 2.42. The van der Waals surface area contributed by atoms with Gasteiger partial charge in [-0.3, -0.25) is 0 Å². The number of rotatable bonds is 5. The molecule has 1 fully saturated rings. The summed E-state index contributed by atoms with van der Waals surface area (Å²) in [7, 11) is -3.64. The normalized spacial score (nSPS) is 17.2. The van der Waals surface area contributed by atoms with E-state index in [0.717, 1.165) is 40.6 Å². The number of nitrogens with zero attached hydrogens (tertiary/aromatic N) is 1. The van der Waals surface area contributed by atoms with Gasteiger partial charge in [-0.25, -0.2) is 12.8 Å². The molecule has 4 nitrogen and oxygen atoms in total. The molecular formula is C25H22ClFN2O2S. The number of benzene rings is 3. The van der Waals surface area contributed by atoms with Crippen LogP contribution in [0.5, 0.6) is 0 Å². The molecule has 5 rings (SSSR count). The first-order chi connectivity index (χ1) is 15.4. The number of para-hydroxylation sites is 1. The molecule has 0 amide bonds. The smallest absolute Gasteiger partial charge is 0.218 e. The molecule has 4 aromatic rings. The topological polar surface area (TPSA) is 53.2 Å². The first kappa shape index (κ1) is 21.2. The quantitative estimate of drug-likeness (QED) is 0.374. The van der Waals surface area contributed by atoms with Crippen molar-refractivity contribution in [2.45, 2.75) is 24.6 Å². The number of nitrogens with one attached hydrogen (secondary N) is 1. The number of hydrogen-bond acceptors (Lipinski definition) is 2. The molecule has 1 aromatic heterocycles. The molecular weight excluding hydrogens is 447 g/mol. The SMILES string of the molecule is O=S(=O)(Cc1ccc(F)c(Cl)c1)N1CCCC1c1[nH]c2ccccc2c1-c1ccccc1. The average molecular weight is 469 g/mol. The van der Waals surface area contributed by atoms with Crippen LogP contribution in [0, 0.1) is 5.82 Å². The van der Waals surface area contributed by atoms with Crippen molar-refractivity contribution in [3.63, 3.8) is 0 Å². The summed E-state index contributed by atoms with van der Waals surface area (Å²) in [6.45, 7) is 0.450. The van der Waals surface area contributed by atoms with Gasteiger partial charge in [-0.15, -0.1) is 0 Å². The van der Waals surface area contributed by atoms with Gasteiger partial charge >= 0.3 is 0 Å². The van der Waals surface area contributed by atoms with Gasteiger partial charge < -0.3 is 4.98 Å². The number of sulfonamides is 1. The molecule has 0 spiro atoms. The standard InChI is InChI=1S/C25H22ClFN2O2S/c26-20-15-17(12-13-21(20)27)16-32(30,31)29-14-6-11-23(29)25-24(18-7-2-1-3-8-18)19-9-4-5-10-22(19)28-25/h1-5,7-10,12-13,15,23,28H,6,11,14,16H2. The van der Waals surface area contributed by atoms with Crippen LogP contribution in [0.2, 0.25) is 5.02 Å². The summed E-state index contributed by atoms with van der Waals surface area (Å²) in [5.41, 5.74) is 4.46. The Morgan fingerprint density at radius 2 is 1.78 bits per heavy atom. The summed E-state index contributed by atoms with van der Waals surface area (Å²) in [6, 6.07) is 21.9. The van der Waals surface area contributed by atoms with E-state index in [2.05, 4.69) is 11.1 Å². The molecule has 3 aromatic carbocycles. The highest BCUT2D eigenvalue weighted by Gasteiger charge is 2.37. The number of fused-ring (bicyclic) bond motifs is 1. The van der Waals surface area contributed by atoms with Crippen molar-refractivity contribution in [3.8, 4) is 11.1 Å². The summed E-state index contributed by atoms with van der Waals surface area (Å²) < 4.78 is 42.0. The number of hydrogen-bond donors (Lipinski definition) is 1. The van der Waals surface area contributed by atoms with Crippen LogP contribution < -0.4 is 0 Å². The van der Waals surface area contributed by atoms with Crippen molar-refractivity contribution in [1.29, 1.82) is 0 Å². The molecule has 1 unspecified atom stereocenters. The van der Waals surface area contributed by atoms with Crippen molar-refractivity contribution in [1.82, 2.24) is 9.29 Å². The van der Waals surface area contributed by atoms with Gasteiger partial charge in [-0.1, -0.05) is 66.2 Å². The van der Waals surface area contributed by atoms with Crippen molar-refractivity contribution in [2.75, 3.05) is 6.54 Å². The summed E-state index contributed by atoms with van der Waals surface area (Å²) in [5, 5.41) is 1.00. The maximum absolute atomic E-state index is 13.5. The highest BCUT2D eigenvalue weighted by atomic mass is 35.5. The van der Waals surface area contributed by atoms with Crippen molar-refractivity contribution >= 4 is 32.5 Å². The molecule has 2 heterocycles. The zero-order valence-electron chi connectivity index (χ0n) is 17.3. The van der Waals surface area contributed by atoms with Crippen LogP contribution >= 0.6 is 11.6 Å². The summed E-state index contributed by atoms with van der Waals surface area (Å²) >= 11 is 5.87. The second-order valence-electron chi connectivity index (χ2n) is 8.10. The molecule has 1 aliphatic rings.